The van der Waals surface area contributed by atoms with E-state index in [2.05, 4.69) is 53.8 Å². The van der Waals surface area contributed by atoms with Crippen molar-refractivity contribution in [3.63, 3.8) is 0 Å². The van der Waals surface area contributed by atoms with Crippen molar-refractivity contribution >= 4 is 29.9 Å². The zero-order valence-corrected chi connectivity index (χ0v) is 17.8. The highest BCUT2D eigenvalue weighted by Gasteiger charge is 2.33. The maximum atomic E-state index is 5.32. The molecule has 0 aliphatic carbocycles. The highest BCUT2D eigenvalue weighted by molar-refractivity contribution is 14.0. The average molecular weight is 469 g/mol. The molecule has 0 atom stereocenters. The molecule has 3 rings (SSSR count). The number of hydrogen-bond donors (Lipinski definition) is 2. The van der Waals surface area contributed by atoms with E-state index < -0.39 is 0 Å². The SMILES string of the molecule is CCNC(=NCc1ccccc1Cn1cccn1)NCC1(C)COC1.I. The molecule has 2 aromatic rings. The summed E-state index contributed by atoms with van der Waals surface area (Å²) < 4.78 is 7.25. The second-order valence-electron chi connectivity index (χ2n) is 6.82. The molecule has 6 nitrogen and oxygen atoms in total. The number of rotatable bonds is 7. The first kappa shape index (κ1) is 20.7. The first-order valence-corrected chi connectivity index (χ1v) is 8.83. The molecule has 1 saturated heterocycles. The minimum Gasteiger partial charge on any atom is -0.380 e. The molecule has 0 amide bonds. The van der Waals surface area contributed by atoms with Crippen molar-refractivity contribution in [2.24, 2.45) is 10.4 Å². The molecule has 142 valence electrons. The maximum Gasteiger partial charge on any atom is 0.191 e. The summed E-state index contributed by atoms with van der Waals surface area (Å²) in [6, 6.07) is 10.3. The molecule has 0 saturated carbocycles. The van der Waals surface area contributed by atoms with Crippen LogP contribution >= 0.6 is 24.0 Å². The second kappa shape index (κ2) is 9.91. The lowest BCUT2D eigenvalue weighted by atomic mass is 9.89. The van der Waals surface area contributed by atoms with Gasteiger partial charge in [0.1, 0.15) is 0 Å². The average Bonchev–Trinajstić information content (AvgIpc) is 3.10. The lowest BCUT2D eigenvalue weighted by Gasteiger charge is -2.38. The van der Waals surface area contributed by atoms with Crippen molar-refractivity contribution in [3.8, 4) is 0 Å². The number of halogens is 1. The monoisotopic (exact) mass is 469 g/mol. The molecule has 1 aliphatic rings. The first-order chi connectivity index (χ1) is 12.2. The van der Waals surface area contributed by atoms with Gasteiger partial charge in [-0.15, -0.1) is 24.0 Å². The topological polar surface area (TPSA) is 63.5 Å². The molecule has 2 N–H and O–H groups in total. The van der Waals surface area contributed by atoms with E-state index in [9.17, 15) is 0 Å². The summed E-state index contributed by atoms with van der Waals surface area (Å²) in [6.07, 6.45) is 3.78. The van der Waals surface area contributed by atoms with Gasteiger partial charge >= 0.3 is 0 Å². The molecule has 1 aromatic carbocycles. The number of hydrogen-bond acceptors (Lipinski definition) is 3. The summed E-state index contributed by atoms with van der Waals surface area (Å²) in [5.74, 6) is 0.851. The molecule has 0 radical (unpaired) electrons. The van der Waals surface area contributed by atoms with Crippen LogP contribution in [0.2, 0.25) is 0 Å². The fourth-order valence-corrected chi connectivity index (χ4v) is 2.79. The molecular weight excluding hydrogens is 441 g/mol. The van der Waals surface area contributed by atoms with Crippen molar-refractivity contribution in [3.05, 3.63) is 53.9 Å². The molecule has 2 heterocycles. The summed E-state index contributed by atoms with van der Waals surface area (Å²) in [6.45, 7) is 9.04. The first-order valence-electron chi connectivity index (χ1n) is 8.83. The van der Waals surface area contributed by atoms with Crippen LogP contribution in [0, 0.1) is 5.41 Å². The fraction of sp³-hybridized carbons (Fsp3) is 0.474. The van der Waals surface area contributed by atoms with E-state index in [1.54, 1.807) is 6.20 Å². The molecule has 0 spiro atoms. The molecule has 0 bridgehead atoms. The number of nitrogens with zero attached hydrogens (tertiary/aromatic N) is 3. The maximum absolute atomic E-state index is 5.32. The van der Waals surface area contributed by atoms with Gasteiger partial charge in [-0.2, -0.15) is 5.10 Å². The smallest absolute Gasteiger partial charge is 0.191 e. The van der Waals surface area contributed by atoms with Gasteiger partial charge in [-0.05, 0) is 24.1 Å². The zero-order valence-electron chi connectivity index (χ0n) is 15.4. The third-order valence-corrected chi connectivity index (χ3v) is 4.35. The molecule has 7 heteroatoms. The molecule has 1 aliphatic heterocycles. The van der Waals surface area contributed by atoms with Crippen LogP contribution in [0.4, 0.5) is 0 Å². The van der Waals surface area contributed by atoms with Crippen LogP contribution in [0.1, 0.15) is 25.0 Å². The number of nitrogens with one attached hydrogen (secondary N) is 2. The third kappa shape index (κ3) is 5.70. The Labute approximate surface area is 172 Å². The number of aromatic nitrogens is 2. The molecule has 26 heavy (non-hydrogen) atoms. The Morgan fingerprint density at radius 2 is 2.00 bits per heavy atom. The third-order valence-electron chi connectivity index (χ3n) is 4.35. The Hall–Kier alpha value is -1.61. The number of benzene rings is 1. The van der Waals surface area contributed by atoms with E-state index in [1.165, 1.54) is 11.1 Å². The van der Waals surface area contributed by atoms with Crippen LogP contribution in [0.15, 0.2) is 47.7 Å². The van der Waals surface area contributed by atoms with Gasteiger partial charge < -0.3 is 15.4 Å². The van der Waals surface area contributed by atoms with Gasteiger partial charge in [0, 0.05) is 30.9 Å². The van der Waals surface area contributed by atoms with Gasteiger partial charge in [-0.1, -0.05) is 31.2 Å². The van der Waals surface area contributed by atoms with E-state index >= 15 is 0 Å². The molecule has 1 aromatic heterocycles. The Balaban J connectivity index is 0.00000243. The minimum atomic E-state index is 0. The second-order valence-corrected chi connectivity index (χ2v) is 6.82. The Bertz CT molecular complexity index is 698. The Morgan fingerprint density at radius 1 is 1.23 bits per heavy atom. The summed E-state index contributed by atoms with van der Waals surface area (Å²) in [5.41, 5.74) is 2.67. The van der Waals surface area contributed by atoms with Gasteiger partial charge in [0.15, 0.2) is 5.96 Å². The van der Waals surface area contributed by atoms with Crippen molar-refractivity contribution in [2.75, 3.05) is 26.3 Å². The van der Waals surface area contributed by atoms with Crippen molar-refractivity contribution in [1.29, 1.82) is 0 Å². The van der Waals surface area contributed by atoms with E-state index in [-0.39, 0.29) is 29.4 Å². The standard InChI is InChI=1S/C19H27N5O.HI/c1-3-20-18(22-13-19(2)14-25-15-19)21-11-16-7-4-5-8-17(16)12-24-10-6-9-23-24;/h4-10H,3,11-15H2,1-2H3,(H2,20,21,22);1H. The zero-order chi connectivity index (χ0) is 17.5. The van der Waals surface area contributed by atoms with E-state index in [4.69, 9.17) is 9.73 Å². The van der Waals surface area contributed by atoms with Gasteiger partial charge in [-0.3, -0.25) is 4.68 Å². The molecular formula is C19H28IN5O. The highest BCUT2D eigenvalue weighted by atomic mass is 127. The van der Waals surface area contributed by atoms with E-state index in [1.807, 2.05) is 16.9 Å². The highest BCUT2D eigenvalue weighted by Crippen LogP contribution is 2.24. The lowest BCUT2D eigenvalue weighted by molar-refractivity contribution is -0.0971. The summed E-state index contributed by atoms with van der Waals surface area (Å²) in [5, 5.41) is 11.1. The summed E-state index contributed by atoms with van der Waals surface area (Å²) >= 11 is 0. The van der Waals surface area contributed by atoms with Crippen LogP contribution in [-0.4, -0.2) is 42.0 Å². The van der Waals surface area contributed by atoms with Crippen LogP contribution in [0.3, 0.4) is 0 Å². The minimum absolute atomic E-state index is 0. The van der Waals surface area contributed by atoms with Crippen molar-refractivity contribution < 1.29 is 4.74 Å². The van der Waals surface area contributed by atoms with E-state index in [0.29, 0.717) is 6.54 Å². The number of guanidine groups is 1. The largest absolute Gasteiger partial charge is 0.380 e. The Kier molecular flexibility index (Phi) is 7.89. The lowest BCUT2D eigenvalue weighted by Crippen LogP contribution is -2.51. The molecule has 1 fully saturated rings. The van der Waals surface area contributed by atoms with Gasteiger partial charge in [0.2, 0.25) is 0 Å². The van der Waals surface area contributed by atoms with Crippen LogP contribution in [0.5, 0.6) is 0 Å². The molecule has 0 unspecified atom stereocenters. The van der Waals surface area contributed by atoms with Crippen molar-refractivity contribution in [1.82, 2.24) is 20.4 Å². The van der Waals surface area contributed by atoms with Gasteiger partial charge in [0.05, 0.1) is 26.3 Å². The quantitative estimate of drug-likeness (QED) is 0.372. The van der Waals surface area contributed by atoms with Crippen LogP contribution < -0.4 is 10.6 Å². The number of aliphatic imine (C=N–C) groups is 1. The van der Waals surface area contributed by atoms with E-state index in [0.717, 1.165) is 38.8 Å². The van der Waals surface area contributed by atoms with Crippen LogP contribution in [0.25, 0.3) is 0 Å². The predicted octanol–water partition coefficient (Wildman–Crippen LogP) is 2.64. The van der Waals surface area contributed by atoms with Gasteiger partial charge in [0.25, 0.3) is 0 Å². The number of ether oxygens (including phenoxy) is 1. The summed E-state index contributed by atoms with van der Waals surface area (Å²) in [7, 11) is 0. The van der Waals surface area contributed by atoms with Crippen molar-refractivity contribution in [2.45, 2.75) is 26.9 Å². The van der Waals surface area contributed by atoms with Crippen LogP contribution in [-0.2, 0) is 17.8 Å². The van der Waals surface area contributed by atoms with Gasteiger partial charge in [-0.25, -0.2) is 4.99 Å². The summed E-state index contributed by atoms with van der Waals surface area (Å²) in [4.78, 5) is 4.76. The fourth-order valence-electron chi connectivity index (χ4n) is 2.79. The Morgan fingerprint density at radius 3 is 2.62 bits per heavy atom. The predicted molar refractivity (Wildman–Crippen MR) is 115 cm³/mol. The normalized spacial score (nSPS) is 15.7.